The van der Waals surface area contributed by atoms with Gasteiger partial charge in [0.05, 0.1) is 13.0 Å². The third-order valence-corrected chi connectivity index (χ3v) is 5.52. The van der Waals surface area contributed by atoms with Crippen LogP contribution in [0.15, 0.2) is 72.9 Å². The molecule has 1 aliphatic heterocycles. The SMILES string of the molecule is COc1ccc(-c2ccc(CC3CN(C(=O)c4ccccn4)CCNC3=O)cc2)cc1. The predicted molar refractivity (Wildman–Crippen MR) is 119 cm³/mol. The highest BCUT2D eigenvalue weighted by molar-refractivity contribution is 5.93. The van der Waals surface area contributed by atoms with Crippen LogP contribution >= 0.6 is 0 Å². The zero-order valence-corrected chi connectivity index (χ0v) is 17.5. The van der Waals surface area contributed by atoms with Gasteiger partial charge in [0.2, 0.25) is 5.91 Å². The maximum atomic E-state index is 12.8. The van der Waals surface area contributed by atoms with Gasteiger partial charge in [-0.2, -0.15) is 0 Å². The lowest BCUT2D eigenvalue weighted by molar-refractivity contribution is -0.124. The molecule has 0 saturated carbocycles. The zero-order chi connectivity index (χ0) is 21.6. The second-order valence-corrected chi connectivity index (χ2v) is 7.58. The van der Waals surface area contributed by atoms with Gasteiger partial charge >= 0.3 is 0 Å². The van der Waals surface area contributed by atoms with Crippen LogP contribution in [0.5, 0.6) is 5.75 Å². The molecular weight excluding hydrogens is 390 g/mol. The van der Waals surface area contributed by atoms with Crippen LogP contribution in [0.3, 0.4) is 0 Å². The summed E-state index contributed by atoms with van der Waals surface area (Å²) in [6.07, 6.45) is 2.18. The number of benzene rings is 2. The van der Waals surface area contributed by atoms with E-state index in [1.165, 1.54) is 0 Å². The van der Waals surface area contributed by atoms with Crippen LogP contribution in [0.4, 0.5) is 0 Å². The summed E-state index contributed by atoms with van der Waals surface area (Å²) < 4.78 is 5.21. The van der Waals surface area contributed by atoms with Crippen molar-refractivity contribution in [2.24, 2.45) is 5.92 Å². The average Bonchev–Trinajstić information content (AvgIpc) is 3.01. The van der Waals surface area contributed by atoms with Crippen molar-refractivity contribution in [3.05, 3.63) is 84.2 Å². The number of methoxy groups -OCH3 is 1. The zero-order valence-electron chi connectivity index (χ0n) is 17.5. The highest BCUT2D eigenvalue weighted by Gasteiger charge is 2.28. The van der Waals surface area contributed by atoms with E-state index in [2.05, 4.69) is 22.4 Å². The van der Waals surface area contributed by atoms with Crippen molar-refractivity contribution in [3.8, 4) is 16.9 Å². The summed E-state index contributed by atoms with van der Waals surface area (Å²) in [6, 6.07) is 21.4. The molecule has 0 aliphatic carbocycles. The molecule has 6 heteroatoms. The van der Waals surface area contributed by atoms with Gasteiger partial charge in [-0.1, -0.05) is 42.5 Å². The van der Waals surface area contributed by atoms with E-state index in [1.54, 1.807) is 36.4 Å². The summed E-state index contributed by atoms with van der Waals surface area (Å²) in [4.78, 5) is 31.3. The molecule has 3 aromatic rings. The van der Waals surface area contributed by atoms with Crippen molar-refractivity contribution >= 4 is 11.8 Å². The number of ether oxygens (including phenoxy) is 1. The summed E-state index contributed by atoms with van der Waals surface area (Å²) in [6.45, 7) is 1.31. The van der Waals surface area contributed by atoms with Crippen LogP contribution in [0.25, 0.3) is 11.1 Å². The Bertz CT molecular complexity index is 1030. The lowest BCUT2D eigenvalue weighted by Crippen LogP contribution is -2.37. The molecule has 1 saturated heterocycles. The van der Waals surface area contributed by atoms with E-state index in [-0.39, 0.29) is 17.7 Å². The van der Waals surface area contributed by atoms with Gasteiger partial charge in [-0.15, -0.1) is 0 Å². The number of hydrogen-bond acceptors (Lipinski definition) is 4. The molecule has 1 atom stereocenters. The van der Waals surface area contributed by atoms with Gasteiger partial charge in [0, 0.05) is 25.8 Å². The van der Waals surface area contributed by atoms with Crippen molar-refractivity contribution in [2.75, 3.05) is 26.7 Å². The van der Waals surface area contributed by atoms with Crippen molar-refractivity contribution in [1.82, 2.24) is 15.2 Å². The van der Waals surface area contributed by atoms with E-state index in [4.69, 9.17) is 4.74 Å². The van der Waals surface area contributed by atoms with Crippen LogP contribution in [0.2, 0.25) is 0 Å². The monoisotopic (exact) mass is 415 g/mol. The third-order valence-electron chi connectivity index (χ3n) is 5.52. The van der Waals surface area contributed by atoms with E-state index in [0.29, 0.717) is 31.7 Å². The lowest BCUT2D eigenvalue weighted by atomic mass is 9.96. The average molecular weight is 415 g/mol. The van der Waals surface area contributed by atoms with Gasteiger partial charge < -0.3 is 15.0 Å². The number of amides is 2. The quantitative estimate of drug-likeness (QED) is 0.695. The fourth-order valence-electron chi connectivity index (χ4n) is 3.79. The Kier molecular flexibility index (Phi) is 6.26. The van der Waals surface area contributed by atoms with Crippen molar-refractivity contribution in [1.29, 1.82) is 0 Å². The summed E-state index contributed by atoms with van der Waals surface area (Å²) in [5, 5.41) is 2.93. The number of pyridine rings is 1. The van der Waals surface area contributed by atoms with E-state index in [1.807, 2.05) is 36.4 Å². The topological polar surface area (TPSA) is 71.5 Å². The Balaban J connectivity index is 1.46. The number of carbonyl (C=O) groups is 2. The first-order valence-corrected chi connectivity index (χ1v) is 10.4. The van der Waals surface area contributed by atoms with E-state index < -0.39 is 0 Å². The molecule has 1 unspecified atom stereocenters. The van der Waals surface area contributed by atoms with Crippen LogP contribution < -0.4 is 10.1 Å². The molecule has 1 fully saturated rings. The van der Waals surface area contributed by atoms with Crippen molar-refractivity contribution in [3.63, 3.8) is 0 Å². The first-order valence-electron chi connectivity index (χ1n) is 10.4. The molecule has 4 rings (SSSR count). The predicted octanol–water partition coefficient (Wildman–Crippen LogP) is 3.19. The van der Waals surface area contributed by atoms with E-state index >= 15 is 0 Å². The molecule has 2 amide bonds. The lowest BCUT2D eigenvalue weighted by Gasteiger charge is -2.23. The number of aromatic nitrogens is 1. The Morgan fingerprint density at radius 2 is 1.77 bits per heavy atom. The first-order chi connectivity index (χ1) is 15.1. The van der Waals surface area contributed by atoms with Crippen molar-refractivity contribution in [2.45, 2.75) is 6.42 Å². The molecule has 31 heavy (non-hydrogen) atoms. The minimum absolute atomic E-state index is 0.0180. The van der Waals surface area contributed by atoms with E-state index in [9.17, 15) is 9.59 Å². The molecule has 0 spiro atoms. The molecule has 0 bridgehead atoms. The van der Waals surface area contributed by atoms with Crippen LogP contribution in [0, 0.1) is 5.92 Å². The Labute approximate surface area is 181 Å². The Morgan fingerprint density at radius 3 is 2.42 bits per heavy atom. The van der Waals surface area contributed by atoms with Gasteiger partial charge in [-0.05, 0) is 47.4 Å². The number of nitrogens with one attached hydrogen (secondary N) is 1. The van der Waals surface area contributed by atoms with Gasteiger partial charge in [-0.3, -0.25) is 14.6 Å². The minimum Gasteiger partial charge on any atom is -0.497 e. The molecule has 1 aromatic heterocycles. The molecule has 6 nitrogen and oxygen atoms in total. The molecule has 158 valence electrons. The highest BCUT2D eigenvalue weighted by Crippen LogP contribution is 2.24. The fourth-order valence-corrected chi connectivity index (χ4v) is 3.79. The maximum absolute atomic E-state index is 12.8. The molecular formula is C25H25N3O3. The van der Waals surface area contributed by atoms with Gasteiger partial charge in [0.1, 0.15) is 11.4 Å². The van der Waals surface area contributed by atoms with Gasteiger partial charge in [-0.25, -0.2) is 0 Å². The standard InChI is InChI=1S/C25H25N3O3/c1-31-22-11-9-20(10-12-22)19-7-5-18(6-8-19)16-21-17-28(15-14-27-24(21)29)25(30)23-4-2-3-13-26-23/h2-13,21H,14-17H2,1H3,(H,27,29). The molecule has 2 heterocycles. The molecule has 2 aromatic carbocycles. The second-order valence-electron chi connectivity index (χ2n) is 7.58. The Morgan fingerprint density at radius 1 is 1.06 bits per heavy atom. The number of carbonyl (C=O) groups excluding carboxylic acids is 2. The Hall–Kier alpha value is -3.67. The van der Waals surface area contributed by atoms with Gasteiger partial charge in [0.25, 0.3) is 5.91 Å². The highest BCUT2D eigenvalue weighted by atomic mass is 16.5. The largest absolute Gasteiger partial charge is 0.497 e. The second kappa shape index (κ2) is 9.43. The third kappa shape index (κ3) is 4.91. The number of rotatable bonds is 5. The summed E-state index contributed by atoms with van der Waals surface area (Å²) in [7, 11) is 1.65. The minimum atomic E-state index is -0.304. The van der Waals surface area contributed by atoms with Crippen LogP contribution in [-0.2, 0) is 11.2 Å². The van der Waals surface area contributed by atoms with E-state index in [0.717, 1.165) is 22.4 Å². The van der Waals surface area contributed by atoms with Crippen molar-refractivity contribution < 1.29 is 14.3 Å². The van der Waals surface area contributed by atoms with Crippen LogP contribution in [0.1, 0.15) is 16.1 Å². The normalized spacial score (nSPS) is 16.4. The maximum Gasteiger partial charge on any atom is 0.272 e. The first kappa shape index (κ1) is 20.6. The summed E-state index contributed by atoms with van der Waals surface area (Å²) in [5.41, 5.74) is 3.67. The molecule has 1 N–H and O–H groups in total. The number of hydrogen-bond donors (Lipinski definition) is 1. The summed E-state index contributed by atoms with van der Waals surface area (Å²) >= 11 is 0. The summed E-state index contributed by atoms with van der Waals surface area (Å²) in [5.74, 6) is 0.360. The number of nitrogens with zero attached hydrogens (tertiary/aromatic N) is 2. The van der Waals surface area contributed by atoms with Crippen LogP contribution in [-0.4, -0.2) is 48.4 Å². The smallest absolute Gasteiger partial charge is 0.272 e. The molecule has 1 aliphatic rings. The van der Waals surface area contributed by atoms with Gasteiger partial charge in [0.15, 0.2) is 0 Å². The fraction of sp³-hybridized carbons (Fsp3) is 0.240. The molecule has 0 radical (unpaired) electrons.